The number of piperidine rings is 1. The Kier molecular flexibility index (Phi) is 5.34. The van der Waals surface area contributed by atoms with Gasteiger partial charge in [-0.2, -0.15) is 0 Å². The summed E-state index contributed by atoms with van der Waals surface area (Å²) in [6.45, 7) is 5.90. The van der Waals surface area contributed by atoms with Crippen LogP contribution in [0.2, 0.25) is 0 Å². The number of esters is 1. The molecule has 8 nitrogen and oxygen atoms in total. The first kappa shape index (κ1) is 20.1. The molecule has 2 saturated heterocycles. The second kappa shape index (κ2) is 7.43. The molecule has 0 bridgehead atoms. The summed E-state index contributed by atoms with van der Waals surface area (Å²) < 4.78 is 5.58. The van der Waals surface area contributed by atoms with Gasteiger partial charge in [-0.25, -0.2) is 4.79 Å². The predicted molar refractivity (Wildman–Crippen MR) is 103 cm³/mol. The van der Waals surface area contributed by atoms with Crippen LogP contribution in [0.4, 0.5) is 5.69 Å². The number of nitrogens with one attached hydrogen (secondary N) is 1. The Morgan fingerprint density at radius 1 is 1.21 bits per heavy atom. The van der Waals surface area contributed by atoms with Gasteiger partial charge in [-0.3, -0.25) is 14.5 Å². The lowest BCUT2D eigenvalue weighted by Gasteiger charge is -2.42. The second-order valence-electron chi connectivity index (χ2n) is 8.22. The van der Waals surface area contributed by atoms with Crippen molar-refractivity contribution in [2.75, 3.05) is 24.5 Å². The van der Waals surface area contributed by atoms with Crippen molar-refractivity contribution in [3.8, 4) is 0 Å². The van der Waals surface area contributed by atoms with E-state index in [2.05, 4.69) is 5.32 Å². The predicted octanol–water partition coefficient (Wildman–Crippen LogP) is 1.21. The molecule has 152 valence electrons. The van der Waals surface area contributed by atoms with Gasteiger partial charge in [0.1, 0.15) is 17.7 Å². The lowest BCUT2D eigenvalue weighted by Crippen LogP contribution is -2.58. The maximum Gasteiger partial charge on any atom is 0.350 e. The van der Waals surface area contributed by atoms with Gasteiger partial charge >= 0.3 is 11.9 Å². The van der Waals surface area contributed by atoms with Gasteiger partial charge in [0.15, 0.2) is 0 Å². The van der Waals surface area contributed by atoms with Crippen LogP contribution in [0, 0.1) is 0 Å². The molecular weight excluding hydrogens is 362 g/mol. The highest BCUT2D eigenvalue weighted by Crippen LogP contribution is 2.42. The molecule has 1 aromatic carbocycles. The van der Waals surface area contributed by atoms with Crippen LogP contribution in [0.25, 0.3) is 0 Å². The first-order valence-electron chi connectivity index (χ1n) is 9.46. The van der Waals surface area contributed by atoms with Crippen molar-refractivity contribution in [2.24, 2.45) is 0 Å². The van der Waals surface area contributed by atoms with Gasteiger partial charge in [-0.15, -0.1) is 0 Å². The SMILES string of the molecule is CC(C)(C)OC(=O)C1N(CC(=O)O)C(=O)C2(CCNCC2)N1c1ccccc1. The van der Waals surface area contributed by atoms with E-state index in [0.717, 1.165) is 4.90 Å². The zero-order valence-electron chi connectivity index (χ0n) is 16.5. The van der Waals surface area contributed by atoms with Gasteiger partial charge in [0.25, 0.3) is 5.91 Å². The summed E-state index contributed by atoms with van der Waals surface area (Å²) in [5, 5.41) is 12.6. The summed E-state index contributed by atoms with van der Waals surface area (Å²) in [6.07, 6.45) is -0.157. The van der Waals surface area contributed by atoms with Crippen LogP contribution in [-0.4, -0.2) is 64.8 Å². The van der Waals surface area contributed by atoms with Crippen LogP contribution < -0.4 is 10.2 Å². The van der Waals surface area contributed by atoms with Gasteiger partial charge in [-0.05, 0) is 58.8 Å². The van der Waals surface area contributed by atoms with E-state index >= 15 is 0 Å². The van der Waals surface area contributed by atoms with Crippen molar-refractivity contribution in [2.45, 2.75) is 50.9 Å². The van der Waals surface area contributed by atoms with Gasteiger partial charge in [0, 0.05) is 5.69 Å². The highest BCUT2D eigenvalue weighted by molar-refractivity contribution is 6.02. The number of carboxylic acid groups (broad SMARTS) is 1. The minimum atomic E-state index is -1.17. The third-order valence-electron chi connectivity index (χ3n) is 5.05. The molecule has 2 heterocycles. The van der Waals surface area contributed by atoms with Crippen LogP contribution >= 0.6 is 0 Å². The van der Waals surface area contributed by atoms with Crippen molar-refractivity contribution in [1.29, 1.82) is 0 Å². The normalized spacial score (nSPS) is 21.8. The lowest BCUT2D eigenvalue weighted by atomic mass is 9.86. The number of amides is 1. The monoisotopic (exact) mass is 389 g/mol. The maximum absolute atomic E-state index is 13.5. The molecular formula is C20H27N3O5. The molecule has 2 aliphatic rings. The molecule has 1 amide bonds. The summed E-state index contributed by atoms with van der Waals surface area (Å²) >= 11 is 0. The van der Waals surface area contributed by atoms with E-state index in [9.17, 15) is 19.5 Å². The van der Waals surface area contributed by atoms with Crippen LogP contribution in [0.3, 0.4) is 0 Å². The fraction of sp³-hybridized carbons (Fsp3) is 0.550. The summed E-state index contributed by atoms with van der Waals surface area (Å²) in [6, 6.07) is 9.19. The molecule has 3 rings (SSSR count). The Morgan fingerprint density at radius 2 is 1.82 bits per heavy atom. The minimum Gasteiger partial charge on any atom is -0.480 e. The molecule has 2 aliphatic heterocycles. The summed E-state index contributed by atoms with van der Waals surface area (Å²) in [5.41, 5.74) is -1.04. The summed E-state index contributed by atoms with van der Waals surface area (Å²) in [4.78, 5) is 41.0. The Hall–Kier alpha value is -2.61. The number of anilines is 1. The third kappa shape index (κ3) is 3.69. The number of rotatable bonds is 4. The Balaban J connectivity index is 2.12. The van der Waals surface area contributed by atoms with Crippen molar-refractivity contribution in [3.05, 3.63) is 30.3 Å². The Morgan fingerprint density at radius 3 is 2.36 bits per heavy atom. The molecule has 0 aliphatic carbocycles. The third-order valence-corrected chi connectivity index (χ3v) is 5.05. The fourth-order valence-corrected chi connectivity index (χ4v) is 4.02. The van der Waals surface area contributed by atoms with E-state index in [1.54, 1.807) is 25.7 Å². The molecule has 1 atom stereocenters. The number of ether oxygens (including phenoxy) is 1. The molecule has 1 unspecified atom stereocenters. The molecule has 8 heteroatoms. The van der Waals surface area contributed by atoms with E-state index in [1.807, 2.05) is 30.3 Å². The number of hydrogen-bond donors (Lipinski definition) is 2. The van der Waals surface area contributed by atoms with Crippen LogP contribution in [0.5, 0.6) is 0 Å². The van der Waals surface area contributed by atoms with E-state index in [4.69, 9.17) is 4.74 Å². The number of carbonyl (C=O) groups is 3. The van der Waals surface area contributed by atoms with Gasteiger partial charge in [0.05, 0.1) is 0 Å². The van der Waals surface area contributed by atoms with E-state index < -0.39 is 35.8 Å². The van der Waals surface area contributed by atoms with Crippen LogP contribution in [-0.2, 0) is 19.1 Å². The number of para-hydroxylation sites is 1. The smallest absolute Gasteiger partial charge is 0.350 e. The molecule has 0 aromatic heterocycles. The molecule has 28 heavy (non-hydrogen) atoms. The second-order valence-corrected chi connectivity index (χ2v) is 8.22. The van der Waals surface area contributed by atoms with Gasteiger partial charge in [0.2, 0.25) is 6.17 Å². The first-order valence-corrected chi connectivity index (χ1v) is 9.46. The zero-order chi connectivity index (χ0) is 20.5. The largest absolute Gasteiger partial charge is 0.480 e. The van der Waals surface area contributed by atoms with E-state index in [-0.39, 0.29) is 5.91 Å². The number of carbonyl (C=O) groups excluding carboxylic acids is 2. The highest BCUT2D eigenvalue weighted by Gasteiger charge is 2.60. The average molecular weight is 389 g/mol. The average Bonchev–Trinajstić information content (AvgIpc) is 2.84. The van der Waals surface area contributed by atoms with Crippen molar-refractivity contribution >= 4 is 23.5 Å². The van der Waals surface area contributed by atoms with Gasteiger partial charge in [-0.1, -0.05) is 18.2 Å². The number of benzene rings is 1. The molecule has 0 saturated carbocycles. The molecule has 2 N–H and O–H groups in total. The Labute approximate surface area is 164 Å². The summed E-state index contributed by atoms with van der Waals surface area (Å²) in [5.74, 6) is -2.13. The summed E-state index contributed by atoms with van der Waals surface area (Å²) in [7, 11) is 0. The number of carboxylic acids is 1. The molecule has 0 radical (unpaired) electrons. The molecule has 1 spiro atoms. The number of nitrogens with zero attached hydrogens (tertiary/aromatic N) is 2. The topological polar surface area (TPSA) is 99.2 Å². The van der Waals surface area contributed by atoms with Crippen LogP contribution in [0.1, 0.15) is 33.6 Å². The standard InChI is InChI=1S/C20H27N3O5/c1-19(2,3)28-17(26)16-22(13-15(24)25)18(27)20(9-11-21-12-10-20)23(16)14-7-5-4-6-8-14/h4-8,16,21H,9-13H2,1-3H3,(H,24,25). The fourth-order valence-electron chi connectivity index (χ4n) is 4.02. The number of hydrogen-bond acceptors (Lipinski definition) is 6. The van der Waals surface area contributed by atoms with Crippen molar-refractivity contribution in [1.82, 2.24) is 10.2 Å². The van der Waals surface area contributed by atoms with E-state index in [1.165, 1.54) is 0 Å². The quantitative estimate of drug-likeness (QED) is 0.747. The number of aliphatic carboxylic acids is 1. The zero-order valence-corrected chi connectivity index (χ0v) is 16.5. The molecule has 2 fully saturated rings. The van der Waals surface area contributed by atoms with Gasteiger partial charge < -0.3 is 20.1 Å². The highest BCUT2D eigenvalue weighted by atomic mass is 16.6. The van der Waals surface area contributed by atoms with E-state index in [0.29, 0.717) is 31.6 Å². The maximum atomic E-state index is 13.5. The van der Waals surface area contributed by atoms with Crippen molar-refractivity contribution in [3.63, 3.8) is 0 Å². The lowest BCUT2D eigenvalue weighted by molar-refractivity contribution is -0.163. The Bertz CT molecular complexity index is 753. The van der Waals surface area contributed by atoms with Crippen LogP contribution in [0.15, 0.2) is 30.3 Å². The minimum absolute atomic E-state index is 0.337. The first-order chi connectivity index (χ1) is 13.2. The molecule has 1 aromatic rings. The van der Waals surface area contributed by atoms with Crippen molar-refractivity contribution < 1.29 is 24.2 Å².